The number of esters is 3. The molecular weight excluding hydrogens is 1620 g/mol. The predicted molar refractivity (Wildman–Crippen MR) is 488 cm³/mol. The number of para-hydroxylation sites is 4. The second-order valence-electron chi connectivity index (χ2n) is 32.2. The van der Waals surface area contributed by atoms with E-state index in [0.717, 1.165) is 152 Å². The highest BCUT2D eigenvalue weighted by atomic mass is 16.7. The number of fused-ring (bicyclic) bond motifs is 13. The van der Waals surface area contributed by atoms with Gasteiger partial charge in [0.05, 0.1) is 65.8 Å². The highest BCUT2D eigenvalue weighted by molar-refractivity contribution is 5.95. The van der Waals surface area contributed by atoms with Gasteiger partial charge in [-0.25, -0.2) is 9.59 Å². The number of benzene rings is 9. The lowest BCUT2D eigenvalue weighted by Gasteiger charge is -2.41. The number of hydrogen-bond acceptors (Lipinski definition) is 17. The Bertz CT molecular complexity index is 6310. The van der Waals surface area contributed by atoms with Crippen molar-refractivity contribution >= 4 is 85.3 Å². The van der Waals surface area contributed by atoms with Crippen molar-refractivity contribution < 1.29 is 66.7 Å². The number of nitrogens with zero attached hydrogens (tertiary/aromatic N) is 5. The van der Waals surface area contributed by atoms with E-state index in [9.17, 15) is 33.6 Å². The monoisotopic (exact) mass is 1720 g/mol. The Morgan fingerprint density at radius 1 is 0.445 bits per heavy atom. The standard InChI is InChI=1S/C29H29N3O4.C28H27N3O3.C24H28N4O3.C21H20N2O4/c1-35-21-14-12-20(13-15-21)28-27-23(22-10-6-7-11-24(22)31-27)16-25(32(28)18-26(33)36-2)29(34)30-17-19-8-4-3-5-9-19;1-18(32)31-25(28(33)29-17-19-8-4-3-5-9-19)16-23-22-10-6-7-11-24(22)30-26(23)27(31)20-12-14-21(34-2)15-13-20;1-3-5-13-26-24(30)28-20(23(29)31-4-2)14-18-17-10-6-7-11-19(17)27-21(18)22(28)16-9-8-12-25-15-16;1-23-16(21(24)25-2)10-14-13-5-3-4-6-15(13)22-19(14)20(23)12-7-8-17-18(9-12)27-11-26-17/h3-15,25,28,31H,16-18H2,1-2H3,(H,30,34);3-15,25,27,30H,16-17H2,1-2H3,(H,29,33);6-12,15,20,22,27H,3-5,13-14H2,1-2H3,(H,26,30);3-9,16,20,22H,10-11H2,1-2H3/t25-,28-;25-,27+;20-,22-;16-,20-/m0000/s1. The zero-order valence-corrected chi connectivity index (χ0v) is 72.7. The molecule has 5 amide bonds. The van der Waals surface area contributed by atoms with E-state index in [4.69, 9.17) is 33.2 Å². The number of hydrogen-bond donors (Lipinski definition) is 7. The Morgan fingerprint density at radius 2 is 0.898 bits per heavy atom. The van der Waals surface area contributed by atoms with E-state index in [1.165, 1.54) is 26.7 Å². The number of carbonyl (C=O) groups is 7. The summed E-state index contributed by atoms with van der Waals surface area (Å²) in [6, 6.07) is 73.3. The van der Waals surface area contributed by atoms with Crippen molar-refractivity contribution in [2.45, 2.75) is 121 Å². The molecule has 0 aliphatic carbocycles. The molecule has 26 nitrogen and oxygen atoms in total. The van der Waals surface area contributed by atoms with Crippen LogP contribution in [0.25, 0.3) is 43.6 Å². The molecule has 0 bridgehead atoms. The van der Waals surface area contributed by atoms with Gasteiger partial charge in [-0.3, -0.25) is 43.7 Å². The molecule has 0 unspecified atom stereocenters. The van der Waals surface area contributed by atoms with E-state index in [1.54, 1.807) is 43.3 Å². The van der Waals surface area contributed by atoms with Gasteiger partial charge in [0, 0.05) is 125 Å². The molecule has 9 aromatic carbocycles. The number of aromatic nitrogens is 5. The smallest absolute Gasteiger partial charge is 0.329 e. The van der Waals surface area contributed by atoms with Gasteiger partial charge >= 0.3 is 23.9 Å². The second kappa shape index (κ2) is 39.4. The molecule has 0 radical (unpaired) electrons. The molecule has 14 aromatic rings. The lowest BCUT2D eigenvalue weighted by atomic mass is 9.87. The van der Waals surface area contributed by atoms with Gasteiger partial charge in [0.2, 0.25) is 24.5 Å². The first-order valence-electron chi connectivity index (χ1n) is 43.2. The zero-order chi connectivity index (χ0) is 89.1. The van der Waals surface area contributed by atoms with Crippen LogP contribution in [0.5, 0.6) is 23.0 Å². The normalized spacial score (nSPS) is 18.3. The fraction of sp³-hybridized carbons (Fsp3) is 0.275. The summed E-state index contributed by atoms with van der Waals surface area (Å²) < 4.78 is 37.2. The van der Waals surface area contributed by atoms with Gasteiger partial charge in [-0.15, -0.1) is 0 Å². The molecule has 8 atom stereocenters. The summed E-state index contributed by atoms with van der Waals surface area (Å²) in [6.45, 7) is 7.24. The van der Waals surface area contributed by atoms with Crippen LogP contribution >= 0.6 is 0 Å². The molecule has 5 aliphatic heterocycles. The quantitative estimate of drug-likeness (QED) is 0.0212. The van der Waals surface area contributed by atoms with Crippen LogP contribution in [0.1, 0.15) is 136 Å². The van der Waals surface area contributed by atoms with Crippen LogP contribution in [-0.2, 0) is 81.8 Å². The Hall–Kier alpha value is -14.5. The number of unbranched alkanes of at least 4 members (excludes halogenated alkanes) is 1. The van der Waals surface area contributed by atoms with Crippen molar-refractivity contribution in [3.8, 4) is 23.0 Å². The number of urea groups is 1. The topological polar surface area (TPSA) is 309 Å². The van der Waals surface area contributed by atoms with Gasteiger partial charge < -0.3 is 73.9 Å². The maximum Gasteiger partial charge on any atom is 0.329 e. The minimum Gasteiger partial charge on any atom is -0.497 e. The third-order valence-electron chi connectivity index (χ3n) is 24.7. The molecule has 5 aliphatic rings. The summed E-state index contributed by atoms with van der Waals surface area (Å²) in [5.41, 5.74) is 18.2. The third kappa shape index (κ3) is 18.1. The van der Waals surface area contributed by atoms with E-state index < -0.39 is 42.1 Å². The van der Waals surface area contributed by atoms with E-state index in [2.05, 4.69) is 77.0 Å². The molecule has 0 fully saturated rings. The van der Waals surface area contributed by atoms with Crippen LogP contribution in [-0.4, -0.2) is 172 Å². The van der Waals surface area contributed by atoms with Crippen LogP contribution in [0.3, 0.4) is 0 Å². The Kier molecular flexibility index (Phi) is 26.8. The van der Waals surface area contributed by atoms with E-state index in [-0.39, 0.29) is 67.8 Å². The average Bonchev–Trinajstić information content (AvgIpc) is 1.06. The highest BCUT2D eigenvalue weighted by Gasteiger charge is 2.48. The lowest BCUT2D eigenvalue weighted by Crippen LogP contribution is -2.55. The molecule has 0 saturated carbocycles. The highest BCUT2D eigenvalue weighted by Crippen LogP contribution is 2.47. The maximum absolute atomic E-state index is 13.7. The summed E-state index contributed by atoms with van der Waals surface area (Å²) >= 11 is 0. The maximum atomic E-state index is 13.7. The van der Waals surface area contributed by atoms with Crippen molar-refractivity contribution in [2.24, 2.45) is 0 Å². The van der Waals surface area contributed by atoms with Gasteiger partial charge in [0.1, 0.15) is 35.7 Å². The minimum absolute atomic E-state index is 0.0224. The number of aromatic amines is 4. The van der Waals surface area contributed by atoms with Gasteiger partial charge in [-0.05, 0) is 149 Å². The van der Waals surface area contributed by atoms with Crippen molar-refractivity contribution in [3.05, 3.63) is 327 Å². The molecule has 5 aromatic heterocycles. The third-order valence-corrected chi connectivity index (χ3v) is 24.7. The second-order valence-corrected chi connectivity index (χ2v) is 32.2. The molecule has 128 heavy (non-hydrogen) atoms. The van der Waals surface area contributed by atoms with Crippen molar-refractivity contribution in [2.75, 3.05) is 62.0 Å². The van der Waals surface area contributed by atoms with Crippen LogP contribution in [0, 0.1) is 0 Å². The number of likely N-dealkylation sites (N-methyl/N-ethyl adjacent to an activating group) is 1. The molecule has 7 N–H and O–H groups in total. The summed E-state index contributed by atoms with van der Waals surface area (Å²) in [7, 11) is 8.03. The molecule has 10 heterocycles. The Balaban J connectivity index is 0.000000126. The molecular formula is C102H104N12O14. The van der Waals surface area contributed by atoms with Crippen LogP contribution in [0.2, 0.25) is 0 Å². The lowest BCUT2D eigenvalue weighted by molar-refractivity contribution is -0.149. The number of methoxy groups -OCH3 is 4. The number of ether oxygens (including phenoxy) is 7. The van der Waals surface area contributed by atoms with Gasteiger partial charge in [-0.1, -0.05) is 183 Å². The fourth-order valence-electron chi connectivity index (χ4n) is 18.5. The summed E-state index contributed by atoms with van der Waals surface area (Å²) in [4.78, 5) is 117. The number of rotatable bonds is 20. The largest absolute Gasteiger partial charge is 0.497 e. The van der Waals surface area contributed by atoms with E-state index >= 15 is 0 Å². The van der Waals surface area contributed by atoms with E-state index in [1.807, 2.05) is 224 Å². The van der Waals surface area contributed by atoms with Crippen molar-refractivity contribution in [1.82, 2.24) is 60.5 Å². The first-order valence-corrected chi connectivity index (χ1v) is 43.2. The SMILES string of the molecule is CCCCNC(=O)N1[C@@H](c2cccnc2)c2[nH]c3ccccc3c2C[C@H]1C(=O)OCC.COC(=O)CN1[C@@H](c2ccc(OC)cc2)c2[nH]c3ccccc3c2C[C@H]1C(=O)NCc1ccccc1.COC(=O)[C@@H]1Cc2c([nH]c3ccccc23)[C@H](c2ccc3c(c2)OCO3)N1C.COc1ccc([C@@H]2c3[nH]c4ccccc4c3C[C@@H](C(=O)NCc3ccccc3)N2C(C)=O)cc1. The number of carbonyl (C=O) groups excluding carboxylic acids is 7. The summed E-state index contributed by atoms with van der Waals surface area (Å²) in [5, 5.41) is 13.5. The van der Waals surface area contributed by atoms with Crippen LogP contribution < -0.4 is 34.9 Å². The number of H-pyrrole nitrogens is 4. The zero-order valence-electron chi connectivity index (χ0n) is 72.7. The molecule has 0 saturated heterocycles. The first-order chi connectivity index (χ1) is 62.5. The Morgan fingerprint density at radius 3 is 1.38 bits per heavy atom. The first kappa shape index (κ1) is 87.0. The van der Waals surface area contributed by atoms with Crippen molar-refractivity contribution in [3.63, 3.8) is 0 Å². The molecule has 0 spiro atoms. The number of pyridine rings is 1. The summed E-state index contributed by atoms with van der Waals surface area (Å²) in [5.74, 6) is 1.52. The van der Waals surface area contributed by atoms with Gasteiger partial charge in [-0.2, -0.15) is 0 Å². The fourth-order valence-corrected chi connectivity index (χ4v) is 18.5. The molecule has 656 valence electrons. The molecule has 26 heteroatoms. The average molecular weight is 1720 g/mol. The summed E-state index contributed by atoms with van der Waals surface area (Å²) in [6.07, 6.45) is 7.24. The van der Waals surface area contributed by atoms with Crippen molar-refractivity contribution in [1.29, 1.82) is 0 Å². The Labute approximate surface area is 741 Å². The van der Waals surface area contributed by atoms with E-state index in [0.29, 0.717) is 45.3 Å². The van der Waals surface area contributed by atoms with Gasteiger partial charge in [0.25, 0.3) is 0 Å². The molecule has 19 rings (SSSR count). The minimum atomic E-state index is -0.724. The predicted octanol–water partition coefficient (Wildman–Crippen LogP) is 15.3. The van der Waals surface area contributed by atoms with Crippen LogP contribution in [0.15, 0.2) is 249 Å². The van der Waals surface area contributed by atoms with Crippen LogP contribution in [0.4, 0.5) is 4.79 Å². The van der Waals surface area contributed by atoms with Gasteiger partial charge in [0.15, 0.2) is 11.5 Å². The number of nitrogens with one attached hydrogen (secondary N) is 7. The number of amides is 5.